The largest absolute Gasteiger partial charge is 0.462 e. The average molecular weight is 585 g/mol. The van der Waals surface area contributed by atoms with Crippen LogP contribution in [0, 0.1) is 0 Å². The number of hydrogen-bond acceptors (Lipinski definition) is 7. The van der Waals surface area contributed by atoms with E-state index in [9.17, 15) is 9.59 Å². The van der Waals surface area contributed by atoms with Crippen LogP contribution in [0.1, 0.15) is 58.2 Å². The number of nitrogens with one attached hydrogen (secondary N) is 1. The van der Waals surface area contributed by atoms with E-state index in [1.807, 2.05) is 72.8 Å². The van der Waals surface area contributed by atoms with Crippen LogP contribution in [-0.4, -0.2) is 31.6 Å². The quantitative estimate of drug-likeness (QED) is 0.193. The fourth-order valence-corrected chi connectivity index (χ4v) is 6.43. The molecule has 7 rings (SSSR count). The molecule has 0 aliphatic carbocycles. The minimum Gasteiger partial charge on any atom is -0.462 e. The van der Waals surface area contributed by atoms with Gasteiger partial charge in [0, 0.05) is 47.3 Å². The molecule has 0 amide bonds. The number of benzene rings is 5. The second-order valence-electron chi connectivity index (χ2n) is 10.9. The van der Waals surface area contributed by atoms with Gasteiger partial charge in [0.25, 0.3) is 0 Å². The van der Waals surface area contributed by atoms with E-state index in [1.165, 1.54) is 0 Å². The second kappa shape index (κ2) is 10.8. The normalized spacial score (nSPS) is 16.0. The first-order chi connectivity index (χ1) is 21.5. The monoisotopic (exact) mass is 584 g/mol. The van der Waals surface area contributed by atoms with Crippen LogP contribution in [0.2, 0.25) is 0 Å². The van der Waals surface area contributed by atoms with E-state index in [0.717, 1.165) is 57.6 Å². The van der Waals surface area contributed by atoms with Crippen molar-refractivity contribution in [3.05, 3.63) is 125 Å². The van der Waals surface area contributed by atoms with E-state index < -0.39 is 5.60 Å². The molecule has 2 aliphatic heterocycles. The van der Waals surface area contributed by atoms with Crippen molar-refractivity contribution in [1.82, 2.24) is 0 Å². The van der Waals surface area contributed by atoms with Gasteiger partial charge in [0.05, 0.1) is 23.3 Å². The highest BCUT2D eigenvalue weighted by Gasteiger charge is 2.54. The summed E-state index contributed by atoms with van der Waals surface area (Å²) in [6.45, 7) is 8.11. The summed E-state index contributed by atoms with van der Waals surface area (Å²) in [6, 6.07) is 31.1. The van der Waals surface area contributed by atoms with Gasteiger partial charge >= 0.3 is 11.9 Å². The lowest BCUT2D eigenvalue weighted by Crippen LogP contribution is -2.33. The Hall–Kier alpha value is -5.30. The molecular formula is C37H32N2O5. The molecule has 1 unspecified atom stereocenters. The van der Waals surface area contributed by atoms with Gasteiger partial charge in [0.2, 0.25) is 0 Å². The molecule has 220 valence electrons. The number of hydrogen-bond donors (Lipinski definition) is 1. The Morgan fingerprint density at radius 1 is 0.818 bits per heavy atom. The molecule has 5 aromatic rings. The summed E-state index contributed by atoms with van der Waals surface area (Å²) in [6.07, 6.45) is 0. The van der Waals surface area contributed by atoms with E-state index >= 15 is 0 Å². The Morgan fingerprint density at radius 2 is 1.59 bits per heavy atom. The van der Waals surface area contributed by atoms with Crippen molar-refractivity contribution in [2.24, 2.45) is 0 Å². The number of anilines is 3. The van der Waals surface area contributed by atoms with Gasteiger partial charge < -0.3 is 24.4 Å². The summed E-state index contributed by atoms with van der Waals surface area (Å²) >= 11 is 0. The molecule has 0 saturated carbocycles. The zero-order chi connectivity index (χ0) is 30.4. The van der Waals surface area contributed by atoms with Crippen molar-refractivity contribution < 1.29 is 23.8 Å². The molecular weight excluding hydrogens is 552 g/mol. The minimum absolute atomic E-state index is 0.333. The van der Waals surface area contributed by atoms with Crippen LogP contribution in [0.4, 0.5) is 17.1 Å². The molecule has 1 N–H and O–H groups in total. The summed E-state index contributed by atoms with van der Waals surface area (Å²) in [5.41, 5.74) is 5.09. The maximum absolute atomic E-state index is 13.4. The molecule has 2 heterocycles. The van der Waals surface area contributed by atoms with E-state index in [-0.39, 0.29) is 11.9 Å². The lowest BCUT2D eigenvalue weighted by Gasteiger charge is -2.38. The lowest BCUT2D eigenvalue weighted by atomic mass is 9.76. The zero-order valence-electron chi connectivity index (χ0n) is 24.8. The number of nitrogens with zero attached hydrogens (tertiary/aromatic N) is 1. The molecule has 2 aliphatic rings. The number of carbonyl (C=O) groups is 2. The molecule has 44 heavy (non-hydrogen) atoms. The summed E-state index contributed by atoms with van der Waals surface area (Å²) in [7, 11) is 0. The van der Waals surface area contributed by atoms with E-state index in [1.54, 1.807) is 19.1 Å². The molecule has 7 nitrogen and oxygen atoms in total. The molecule has 0 fully saturated rings. The molecule has 7 heteroatoms. The lowest BCUT2D eigenvalue weighted by molar-refractivity contribution is 0.0229. The van der Waals surface area contributed by atoms with Crippen molar-refractivity contribution >= 4 is 39.8 Å². The number of ether oxygens (including phenoxy) is 3. The van der Waals surface area contributed by atoms with Crippen molar-refractivity contribution in [2.75, 3.05) is 29.9 Å². The van der Waals surface area contributed by atoms with E-state index in [2.05, 4.69) is 36.2 Å². The number of fused-ring (bicyclic) bond motifs is 8. The minimum atomic E-state index is -1.16. The topological polar surface area (TPSA) is 77.1 Å². The first kappa shape index (κ1) is 27.5. The van der Waals surface area contributed by atoms with Gasteiger partial charge in [-0.15, -0.1) is 0 Å². The van der Waals surface area contributed by atoms with Crippen LogP contribution in [0.5, 0.6) is 11.5 Å². The molecule has 0 radical (unpaired) electrons. The van der Waals surface area contributed by atoms with Crippen molar-refractivity contribution in [1.29, 1.82) is 0 Å². The van der Waals surface area contributed by atoms with Crippen LogP contribution < -0.4 is 15.0 Å². The predicted molar refractivity (Wildman–Crippen MR) is 171 cm³/mol. The molecule has 1 atom stereocenters. The fourth-order valence-electron chi connectivity index (χ4n) is 6.43. The van der Waals surface area contributed by atoms with Crippen LogP contribution in [0.3, 0.4) is 0 Å². The van der Waals surface area contributed by atoms with Crippen LogP contribution in [-0.2, 0) is 15.1 Å². The maximum atomic E-state index is 13.4. The highest BCUT2D eigenvalue weighted by molar-refractivity contribution is 6.00. The van der Waals surface area contributed by atoms with Crippen LogP contribution >= 0.6 is 0 Å². The van der Waals surface area contributed by atoms with Gasteiger partial charge in [-0.3, -0.25) is 0 Å². The second-order valence-corrected chi connectivity index (χ2v) is 10.9. The molecule has 0 aromatic heterocycles. The smallest absolute Gasteiger partial charge is 0.340 e. The number of esters is 2. The van der Waals surface area contributed by atoms with Gasteiger partial charge in [-0.2, -0.15) is 0 Å². The highest BCUT2D eigenvalue weighted by atomic mass is 16.6. The number of rotatable bonds is 7. The first-order valence-electron chi connectivity index (χ1n) is 15.0. The van der Waals surface area contributed by atoms with E-state index in [4.69, 9.17) is 14.2 Å². The van der Waals surface area contributed by atoms with Gasteiger partial charge in [-0.1, -0.05) is 30.3 Å². The third-order valence-electron chi connectivity index (χ3n) is 8.48. The molecule has 5 aromatic carbocycles. The fraction of sp³-hybridized carbons (Fsp3) is 0.189. The standard InChI is InChI=1S/C37H32N2O5/c1-4-39(5-2)27-17-19-31-33(22-27)43-32-20-13-24-21-26(38-25-14-11-23(12-15-25)35(40)42-6-3)16-18-28(24)34(32)37(31)30-10-8-7-9-29(30)36(41)44-37/h7-22,38H,4-6H2,1-3H3. The third-order valence-corrected chi connectivity index (χ3v) is 8.48. The van der Waals surface area contributed by atoms with Gasteiger partial charge in [0.15, 0.2) is 5.60 Å². The molecule has 1 spiro atoms. The summed E-state index contributed by atoms with van der Waals surface area (Å²) in [5.74, 6) is 0.635. The Kier molecular flexibility index (Phi) is 6.73. The maximum Gasteiger partial charge on any atom is 0.340 e. The summed E-state index contributed by atoms with van der Waals surface area (Å²) < 4.78 is 18.2. The summed E-state index contributed by atoms with van der Waals surface area (Å²) in [4.78, 5) is 27.7. The molecule has 0 saturated heterocycles. The third kappa shape index (κ3) is 4.27. The Bertz CT molecular complexity index is 1930. The van der Waals surface area contributed by atoms with E-state index in [0.29, 0.717) is 29.2 Å². The van der Waals surface area contributed by atoms with Gasteiger partial charge in [-0.25, -0.2) is 9.59 Å². The first-order valence-corrected chi connectivity index (χ1v) is 15.0. The van der Waals surface area contributed by atoms with Crippen LogP contribution in [0.15, 0.2) is 97.1 Å². The highest BCUT2D eigenvalue weighted by Crippen LogP contribution is 2.58. The van der Waals surface area contributed by atoms with Gasteiger partial charge in [0.1, 0.15) is 11.5 Å². The Morgan fingerprint density at radius 3 is 2.36 bits per heavy atom. The Labute approximate surface area is 256 Å². The SMILES string of the molecule is CCOC(=O)c1ccc(Nc2ccc3c4c(ccc3c2)Oc2cc(N(CC)CC)ccc2C42OC(=O)c3ccccc32)cc1. The predicted octanol–water partition coefficient (Wildman–Crippen LogP) is 8.17. The zero-order valence-corrected chi connectivity index (χ0v) is 24.8. The van der Waals surface area contributed by atoms with Crippen molar-refractivity contribution in [3.8, 4) is 11.5 Å². The Balaban J connectivity index is 1.34. The van der Waals surface area contributed by atoms with Crippen molar-refractivity contribution in [2.45, 2.75) is 26.4 Å². The van der Waals surface area contributed by atoms with Crippen LogP contribution in [0.25, 0.3) is 10.8 Å². The van der Waals surface area contributed by atoms with Gasteiger partial charge in [-0.05, 0) is 92.2 Å². The average Bonchev–Trinajstić information content (AvgIpc) is 3.34. The molecule has 0 bridgehead atoms. The van der Waals surface area contributed by atoms with Crippen molar-refractivity contribution in [3.63, 3.8) is 0 Å². The number of carbonyl (C=O) groups excluding carboxylic acids is 2. The summed E-state index contributed by atoms with van der Waals surface area (Å²) in [5, 5.41) is 5.31.